The van der Waals surface area contributed by atoms with Crippen molar-refractivity contribution in [1.29, 1.82) is 0 Å². The first-order valence-electron chi connectivity index (χ1n) is 19.0. The summed E-state index contributed by atoms with van der Waals surface area (Å²) in [6.45, 7) is 0. The predicted molar refractivity (Wildman–Crippen MR) is 235 cm³/mol. The summed E-state index contributed by atoms with van der Waals surface area (Å²) in [5.74, 6) is 1.94. The standard InChI is InChI=1S/C53H33N3/c1-3-15-34(16-4-1)51-54-52(35-17-5-2-6-18-35)56-53(55-51)40-23-12-20-37(32-40)36-19-11-21-38(31-36)48-33-39-22-13-28-45-43-26-9-7-24-41(43)42-25-8-10-27-44(42)46-29-14-30-47(48)50(46)49(39)45/h1-33H. The highest BCUT2D eigenvalue weighted by molar-refractivity contribution is 6.34. The summed E-state index contributed by atoms with van der Waals surface area (Å²) in [6.07, 6.45) is 0. The number of hydrogen-bond donors (Lipinski definition) is 0. The van der Waals surface area contributed by atoms with Crippen LogP contribution in [0.15, 0.2) is 200 Å². The molecule has 1 heterocycles. The second kappa shape index (κ2) is 13.1. The quantitative estimate of drug-likeness (QED) is 0.167. The van der Waals surface area contributed by atoms with Crippen LogP contribution in [0.25, 0.3) is 110 Å². The average Bonchev–Trinajstić information content (AvgIpc) is 3.28. The van der Waals surface area contributed by atoms with Crippen LogP contribution >= 0.6 is 0 Å². The topological polar surface area (TPSA) is 38.7 Å². The molecule has 56 heavy (non-hydrogen) atoms. The Morgan fingerprint density at radius 3 is 1.20 bits per heavy atom. The Morgan fingerprint density at radius 2 is 0.607 bits per heavy atom. The molecule has 0 aliphatic heterocycles. The number of hydrogen-bond acceptors (Lipinski definition) is 3. The smallest absolute Gasteiger partial charge is 0.164 e. The summed E-state index contributed by atoms with van der Waals surface area (Å²) < 4.78 is 0. The van der Waals surface area contributed by atoms with Gasteiger partial charge in [-0.2, -0.15) is 0 Å². The van der Waals surface area contributed by atoms with Crippen LogP contribution in [0.3, 0.4) is 0 Å². The molecule has 0 fully saturated rings. The molecule has 0 N–H and O–H groups in total. The Hall–Kier alpha value is -7.49. The molecule has 0 aliphatic carbocycles. The predicted octanol–water partition coefficient (Wildman–Crippen LogP) is 14.0. The molecule has 11 aromatic rings. The molecule has 0 bridgehead atoms. The molecule has 11 rings (SSSR count). The summed E-state index contributed by atoms with van der Waals surface area (Å²) in [4.78, 5) is 14.9. The normalized spacial score (nSPS) is 11.6. The van der Waals surface area contributed by atoms with E-state index < -0.39 is 0 Å². The van der Waals surface area contributed by atoms with Gasteiger partial charge in [-0.3, -0.25) is 0 Å². The van der Waals surface area contributed by atoms with Gasteiger partial charge < -0.3 is 0 Å². The number of aromatic nitrogens is 3. The van der Waals surface area contributed by atoms with Crippen molar-refractivity contribution in [1.82, 2.24) is 15.0 Å². The number of nitrogens with zero attached hydrogens (tertiary/aromatic N) is 3. The molecule has 0 amide bonds. The molecule has 1 aromatic heterocycles. The summed E-state index contributed by atoms with van der Waals surface area (Å²) in [5.41, 5.74) is 7.46. The maximum absolute atomic E-state index is 5.01. The van der Waals surface area contributed by atoms with Gasteiger partial charge in [-0.1, -0.05) is 182 Å². The fourth-order valence-corrected chi connectivity index (χ4v) is 8.48. The first-order chi connectivity index (χ1) is 27.8. The summed E-state index contributed by atoms with van der Waals surface area (Å²) in [7, 11) is 0. The molecule has 0 saturated heterocycles. The third-order valence-electron chi connectivity index (χ3n) is 11.1. The van der Waals surface area contributed by atoms with Gasteiger partial charge in [0.2, 0.25) is 0 Å². The molecule has 0 atom stereocenters. The van der Waals surface area contributed by atoms with E-state index in [-0.39, 0.29) is 0 Å². The van der Waals surface area contributed by atoms with Crippen molar-refractivity contribution in [3.8, 4) is 56.4 Å². The Bertz CT molecular complexity index is 3240. The van der Waals surface area contributed by atoms with Crippen LogP contribution in [0.1, 0.15) is 0 Å². The highest BCUT2D eigenvalue weighted by atomic mass is 15.0. The Balaban J connectivity index is 1.10. The fourth-order valence-electron chi connectivity index (χ4n) is 8.48. The van der Waals surface area contributed by atoms with Gasteiger partial charge in [-0.05, 0) is 94.3 Å². The third-order valence-corrected chi connectivity index (χ3v) is 11.1. The zero-order valence-corrected chi connectivity index (χ0v) is 30.4. The molecule has 0 radical (unpaired) electrons. The van der Waals surface area contributed by atoms with E-state index in [1.165, 1.54) is 65.0 Å². The van der Waals surface area contributed by atoms with Crippen LogP contribution in [0.5, 0.6) is 0 Å². The van der Waals surface area contributed by atoms with Crippen molar-refractivity contribution >= 4 is 53.9 Å². The van der Waals surface area contributed by atoms with Gasteiger partial charge in [0, 0.05) is 16.7 Å². The zero-order valence-electron chi connectivity index (χ0n) is 30.4. The van der Waals surface area contributed by atoms with Crippen LogP contribution < -0.4 is 0 Å². The number of fused-ring (bicyclic) bond motifs is 5. The van der Waals surface area contributed by atoms with Gasteiger partial charge in [0.25, 0.3) is 0 Å². The van der Waals surface area contributed by atoms with Crippen LogP contribution in [-0.4, -0.2) is 15.0 Å². The molecule has 0 saturated carbocycles. The van der Waals surface area contributed by atoms with E-state index in [0.717, 1.165) is 27.8 Å². The lowest BCUT2D eigenvalue weighted by molar-refractivity contribution is 1.07. The second-order valence-electron chi connectivity index (χ2n) is 14.3. The second-order valence-corrected chi connectivity index (χ2v) is 14.3. The van der Waals surface area contributed by atoms with E-state index >= 15 is 0 Å². The van der Waals surface area contributed by atoms with Crippen molar-refractivity contribution in [2.45, 2.75) is 0 Å². The van der Waals surface area contributed by atoms with Crippen LogP contribution in [0, 0.1) is 0 Å². The van der Waals surface area contributed by atoms with E-state index in [1.807, 2.05) is 60.7 Å². The highest BCUT2D eigenvalue weighted by Gasteiger charge is 2.17. The van der Waals surface area contributed by atoms with E-state index in [2.05, 4.69) is 140 Å². The first kappa shape index (κ1) is 32.0. The monoisotopic (exact) mass is 711 g/mol. The minimum Gasteiger partial charge on any atom is -0.208 e. The molecule has 0 spiro atoms. The maximum Gasteiger partial charge on any atom is 0.164 e. The molecular weight excluding hydrogens is 679 g/mol. The van der Waals surface area contributed by atoms with Gasteiger partial charge in [-0.25, -0.2) is 15.0 Å². The van der Waals surface area contributed by atoms with Gasteiger partial charge in [-0.15, -0.1) is 0 Å². The Labute approximate surface area is 324 Å². The van der Waals surface area contributed by atoms with Crippen molar-refractivity contribution in [3.63, 3.8) is 0 Å². The zero-order chi connectivity index (χ0) is 37.0. The lowest BCUT2D eigenvalue weighted by Crippen LogP contribution is -2.00. The van der Waals surface area contributed by atoms with Gasteiger partial charge in [0.15, 0.2) is 17.5 Å². The molecule has 260 valence electrons. The summed E-state index contributed by atoms with van der Waals surface area (Å²) >= 11 is 0. The number of rotatable bonds is 5. The van der Waals surface area contributed by atoms with Gasteiger partial charge >= 0.3 is 0 Å². The first-order valence-corrected chi connectivity index (χ1v) is 19.0. The molecule has 0 aliphatic rings. The van der Waals surface area contributed by atoms with E-state index in [9.17, 15) is 0 Å². The minimum atomic E-state index is 0.642. The number of benzene rings is 9. The van der Waals surface area contributed by atoms with Crippen LogP contribution in [0.2, 0.25) is 0 Å². The van der Waals surface area contributed by atoms with E-state index in [1.54, 1.807) is 0 Å². The molecule has 3 heteroatoms. The van der Waals surface area contributed by atoms with Crippen molar-refractivity contribution < 1.29 is 0 Å². The lowest BCUT2D eigenvalue weighted by Gasteiger charge is -2.17. The third kappa shape index (κ3) is 5.32. The largest absolute Gasteiger partial charge is 0.208 e. The maximum atomic E-state index is 5.01. The Kier molecular flexibility index (Phi) is 7.49. The van der Waals surface area contributed by atoms with E-state index in [0.29, 0.717) is 17.5 Å². The Morgan fingerprint density at radius 1 is 0.232 bits per heavy atom. The van der Waals surface area contributed by atoms with Crippen molar-refractivity contribution in [3.05, 3.63) is 200 Å². The average molecular weight is 712 g/mol. The van der Waals surface area contributed by atoms with Gasteiger partial charge in [0.1, 0.15) is 0 Å². The molecule has 0 unspecified atom stereocenters. The molecule has 3 nitrogen and oxygen atoms in total. The van der Waals surface area contributed by atoms with Crippen molar-refractivity contribution in [2.24, 2.45) is 0 Å². The van der Waals surface area contributed by atoms with Crippen LogP contribution in [0.4, 0.5) is 0 Å². The molecule has 10 aromatic carbocycles. The van der Waals surface area contributed by atoms with Gasteiger partial charge in [0.05, 0.1) is 0 Å². The molecular formula is C53H33N3. The lowest BCUT2D eigenvalue weighted by atomic mass is 9.86. The van der Waals surface area contributed by atoms with Crippen molar-refractivity contribution in [2.75, 3.05) is 0 Å². The summed E-state index contributed by atoms with van der Waals surface area (Å²) in [5, 5.41) is 12.7. The van der Waals surface area contributed by atoms with Crippen LogP contribution in [-0.2, 0) is 0 Å². The summed E-state index contributed by atoms with van der Waals surface area (Å²) in [6, 6.07) is 71.4. The fraction of sp³-hybridized carbons (Fsp3) is 0. The van der Waals surface area contributed by atoms with E-state index in [4.69, 9.17) is 15.0 Å². The minimum absolute atomic E-state index is 0.642. The SMILES string of the molecule is c1ccc(-c2nc(-c3ccccc3)nc(-c3cccc(-c4cccc(-c5cc6cccc7c8ccccc8c8ccccc8c8cccc5c8c67)c4)c3)n2)cc1. The highest BCUT2D eigenvalue weighted by Crippen LogP contribution is 2.44.